The van der Waals surface area contributed by atoms with Crippen LogP contribution in [0.15, 0.2) is 47.6 Å². The van der Waals surface area contributed by atoms with E-state index < -0.39 is 10.0 Å². The molecule has 0 unspecified atom stereocenters. The van der Waals surface area contributed by atoms with E-state index in [-0.39, 0.29) is 29.2 Å². The molecule has 2 aromatic heterocycles. The largest absolute Gasteiger partial charge is 0.380 e. The lowest BCUT2D eigenvalue weighted by atomic mass is 10.1. The molecular weight excluding hydrogens is 402 g/mol. The van der Waals surface area contributed by atoms with Crippen LogP contribution in [0.2, 0.25) is 5.02 Å². The van der Waals surface area contributed by atoms with Crippen LogP contribution in [-0.4, -0.2) is 35.3 Å². The number of anilines is 1. The molecule has 0 aliphatic rings. The topological polar surface area (TPSA) is 99.0 Å². The molecular formula is C18H20ClN5O3S. The summed E-state index contributed by atoms with van der Waals surface area (Å²) >= 11 is 6.08. The number of ether oxygens (including phenoxy) is 1. The van der Waals surface area contributed by atoms with Crippen LogP contribution < -0.4 is 4.72 Å². The minimum absolute atomic E-state index is 0.0277. The van der Waals surface area contributed by atoms with Crippen molar-refractivity contribution in [2.75, 3.05) is 11.8 Å². The minimum atomic E-state index is -3.93. The Labute approximate surface area is 168 Å². The van der Waals surface area contributed by atoms with Gasteiger partial charge in [0, 0.05) is 30.6 Å². The second-order valence-corrected chi connectivity index (χ2v) is 8.52. The average molecular weight is 422 g/mol. The highest BCUT2D eigenvalue weighted by molar-refractivity contribution is 7.92. The monoisotopic (exact) mass is 421 g/mol. The maximum Gasteiger partial charge on any atom is 0.263 e. The number of benzene rings is 1. The first-order valence-electron chi connectivity index (χ1n) is 8.48. The number of rotatable bonds is 7. The molecule has 1 aromatic carbocycles. The van der Waals surface area contributed by atoms with Crippen molar-refractivity contribution in [1.29, 1.82) is 0 Å². The third-order valence-corrected chi connectivity index (χ3v) is 5.41. The fraction of sp³-hybridized carbons (Fsp3) is 0.278. The summed E-state index contributed by atoms with van der Waals surface area (Å²) in [4.78, 5) is 8.34. The Kier molecular flexibility index (Phi) is 5.97. The van der Waals surface area contributed by atoms with E-state index in [2.05, 4.69) is 19.8 Å². The van der Waals surface area contributed by atoms with Crippen LogP contribution in [0.4, 0.5) is 5.82 Å². The van der Waals surface area contributed by atoms with Gasteiger partial charge in [0.15, 0.2) is 0 Å². The summed E-state index contributed by atoms with van der Waals surface area (Å²) in [5.74, 6) is 0.592. The molecule has 148 valence electrons. The van der Waals surface area contributed by atoms with E-state index in [4.69, 9.17) is 16.3 Å². The fourth-order valence-electron chi connectivity index (χ4n) is 2.53. The first-order chi connectivity index (χ1) is 13.3. The second-order valence-electron chi connectivity index (χ2n) is 6.40. The van der Waals surface area contributed by atoms with Gasteiger partial charge in [0.2, 0.25) is 0 Å². The molecule has 0 radical (unpaired) electrons. The Morgan fingerprint density at radius 1 is 1.18 bits per heavy atom. The van der Waals surface area contributed by atoms with E-state index in [9.17, 15) is 8.42 Å². The molecule has 0 saturated heterocycles. The highest BCUT2D eigenvalue weighted by atomic mass is 35.5. The van der Waals surface area contributed by atoms with Crippen LogP contribution in [0.1, 0.15) is 31.0 Å². The average Bonchev–Trinajstić information content (AvgIpc) is 3.06. The normalized spacial score (nSPS) is 11.8. The first-order valence-corrected chi connectivity index (χ1v) is 10.3. The first kappa shape index (κ1) is 20.2. The summed E-state index contributed by atoms with van der Waals surface area (Å²) in [5.41, 5.74) is 1.36. The predicted molar refractivity (Wildman–Crippen MR) is 106 cm³/mol. The van der Waals surface area contributed by atoms with E-state index in [0.717, 1.165) is 0 Å². The molecule has 8 nitrogen and oxygen atoms in total. The van der Waals surface area contributed by atoms with Crippen molar-refractivity contribution < 1.29 is 13.2 Å². The van der Waals surface area contributed by atoms with Gasteiger partial charge in [-0.3, -0.25) is 4.72 Å². The van der Waals surface area contributed by atoms with Gasteiger partial charge in [-0.2, -0.15) is 9.78 Å². The molecule has 2 heterocycles. The number of methoxy groups -OCH3 is 1. The Morgan fingerprint density at radius 2 is 1.89 bits per heavy atom. The zero-order valence-electron chi connectivity index (χ0n) is 15.6. The van der Waals surface area contributed by atoms with Gasteiger partial charge in [-0.25, -0.2) is 18.4 Å². The number of hydrogen-bond donors (Lipinski definition) is 1. The standard InChI is InChI=1S/C18H20ClN5O3S/c1-12(2)16-10-17(24(22-16)18-20-5-4-6-21-18)23-28(25,26)15-8-13(11-27-3)7-14(19)9-15/h4-10,12,23H,11H2,1-3H3. The van der Waals surface area contributed by atoms with E-state index in [0.29, 0.717) is 16.3 Å². The SMILES string of the molecule is COCc1cc(Cl)cc(S(=O)(=O)Nc2cc(C(C)C)nn2-c2ncccn2)c1. The van der Waals surface area contributed by atoms with Gasteiger partial charge in [0.1, 0.15) is 5.82 Å². The van der Waals surface area contributed by atoms with E-state index in [1.165, 1.54) is 23.9 Å². The highest BCUT2D eigenvalue weighted by Crippen LogP contribution is 2.25. The van der Waals surface area contributed by atoms with Gasteiger partial charge in [0.25, 0.3) is 16.0 Å². The lowest BCUT2D eigenvalue weighted by Gasteiger charge is -2.11. The number of nitrogens with one attached hydrogen (secondary N) is 1. The van der Waals surface area contributed by atoms with Crippen LogP contribution in [0.3, 0.4) is 0 Å². The number of nitrogens with zero attached hydrogens (tertiary/aromatic N) is 4. The summed E-state index contributed by atoms with van der Waals surface area (Å²) in [6.07, 6.45) is 3.12. The van der Waals surface area contributed by atoms with Crippen LogP contribution in [0.25, 0.3) is 5.95 Å². The molecule has 0 saturated carbocycles. The number of hydrogen-bond acceptors (Lipinski definition) is 6. The number of aromatic nitrogens is 4. The summed E-state index contributed by atoms with van der Waals surface area (Å²) < 4.78 is 35.0. The molecule has 0 amide bonds. The Hall–Kier alpha value is -2.49. The lowest BCUT2D eigenvalue weighted by molar-refractivity contribution is 0.184. The molecule has 28 heavy (non-hydrogen) atoms. The Morgan fingerprint density at radius 3 is 2.54 bits per heavy atom. The van der Waals surface area contributed by atoms with Crippen LogP contribution in [0, 0.1) is 0 Å². The van der Waals surface area contributed by atoms with E-state index in [1.54, 1.807) is 30.6 Å². The fourth-order valence-corrected chi connectivity index (χ4v) is 3.98. The van der Waals surface area contributed by atoms with Gasteiger partial charge >= 0.3 is 0 Å². The zero-order chi connectivity index (χ0) is 20.3. The van der Waals surface area contributed by atoms with Gasteiger partial charge in [-0.05, 0) is 35.7 Å². The molecule has 3 rings (SSSR count). The molecule has 0 aliphatic heterocycles. The third kappa shape index (κ3) is 4.49. The molecule has 1 N–H and O–H groups in total. The maximum absolute atomic E-state index is 13.0. The van der Waals surface area contributed by atoms with Gasteiger partial charge in [-0.1, -0.05) is 25.4 Å². The molecule has 0 spiro atoms. The Balaban J connectivity index is 2.03. The van der Waals surface area contributed by atoms with E-state index >= 15 is 0 Å². The van der Waals surface area contributed by atoms with Gasteiger partial charge in [0.05, 0.1) is 17.2 Å². The smallest absolute Gasteiger partial charge is 0.263 e. The predicted octanol–water partition coefficient (Wildman–Crippen LogP) is 3.39. The molecule has 0 fully saturated rings. The second kappa shape index (κ2) is 8.26. The number of sulfonamides is 1. The number of halogens is 1. The van der Waals surface area contributed by atoms with Crippen molar-refractivity contribution in [2.45, 2.75) is 31.3 Å². The van der Waals surface area contributed by atoms with Crippen molar-refractivity contribution in [3.63, 3.8) is 0 Å². The van der Waals surface area contributed by atoms with Gasteiger partial charge in [-0.15, -0.1) is 0 Å². The van der Waals surface area contributed by atoms with Gasteiger partial charge < -0.3 is 4.74 Å². The third-order valence-electron chi connectivity index (χ3n) is 3.85. The zero-order valence-corrected chi connectivity index (χ0v) is 17.2. The summed E-state index contributed by atoms with van der Waals surface area (Å²) in [6.45, 7) is 4.17. The minimum Gasteiger partial charge on any atom is -0.380 e. The van der Waals surface area contributed by atoms with Crippen LogP contribution in [0.5, 0.6) is 0 Å². The molecule has 0 bridgehead atoms. The lowest BCUT2D eigenvalue weighted by Crippen LogP contribution is -2.17. The van der Waals surface area contributed by atoms with Crippen molar-refractivity contribution in [1.82, 2.24) is 19.7 Å². The Bertz CT molecular complexity index is 1070. The van der Waals surface area contributed by atoms with E-state index in [1.807, 2.05) is 13.8 Å². The summed E-state index contributed by atoms with van der Waals surface area (Å²) in [7, 11) is -2.40. The highest BCUT2D eigenvalue weighted by Gasteiger charge is 2.21. The van der Waals surface area contributed by atoms with Crippen molar-refractivity contribution in [3.05, 3.63) is 59.0 Å². The maximum atomic E-state index is 13.0. The van der Waals surface area contributed by atoms with Crippen molar-refractivity contribution in [3.8, 4) is 5.95 Å². The molecule has 0 aliphatic carbocycles. The quantitative estimate of drug-likeness (QED) is 0.627. The van der Waals surface area contributed by atoms with Crippen LogP contribution in [-0.2, 0) is 21.4 Å². The molecule has 10 heteroatoms. The summed E-state index contributed by atoms with van der Waals surface area (Å²) in [5, 5.41) is 4.74. The van der Waals surface area contributed by atoms with Crippen molar-refractivity contribution >= 4 is 27.4 Å². The van der Waals surface area contributed by atoms with Crippen molar-refractivity contribution in [2.24, 2.45) is 0 Å². The molecule has 3 aromatic rings. The van der Waals surface area contributed by atoms with Crippen LogP contribution >= 0.6 is 11.6 Å². The summed E-state index contributed by atoms with van der Waals surface area (Å²) in [6, 6.07) is 7.89. The molecule has 0 atom stereocenters.